The van der Waals surface area contributed by atoms with Crippen LogP contribution in [0, 0.1) is 11.8 Å². The Morgan fingerprint density at radius 1 is 0.848 bits per heavy atom. The standard InChI is InChI=1S/C26H18N2O5/c1-33-26(32)19-8-4-6-17(14-19)12-13-18-7-5-9-20(15-18)27-23(29)16-28-24(30)21-10-2-3-11-22(21)25(28)31/h2-11,14-15H,16H2,1H3,(H,27,29). The van der Waals surface area contributed by atoms with Crippen LogP contribution in [0.25, 0.3) is 0 Å². The molecule has 4 rings (SSSR count). The number of hydrogen-bond acceptors (Lipinski definition) is 5. The van der Waals surface area contributed by atoms with Gasteiger partial charge in [0.2, 0.25) is 5.91 Å². The van der Waals surface area contributed by atoms with Gasteiger partial charge >= 0.3 is 5.97 Å². The van der Waals surface area contributed by atoms with Crippen molar-refractivity contribution in [3.8, 4) is 11.8 Å². The lowest BCUT2D eigenvalue weighted by Gasteiger charge is -2.13. The number of hydrogen-bond donors (Lipinski definition) is 1. The SMILES string of the molecule is COC(=O)c1cccc(C#Cc2cccc(NC(=O)CN3C(=O)c4ccccc4C3=O)c2)c1. The second-order valence-corrected chi connectivity index (χ2v) is 7.19. The van der Waals surface area contributed by atoms with E-state index in [9.17, 15) is 19.2 Å². The molecule has 1 N–H and O–H groups in total. The van der Waals surface area contributed by atoms with Crippen LogP contribution < -0.4 is 5.32 Å². The van der Waals surface area contributed by atoms with E-state index in [1.165, 1.54) is 7.11 Å². The van der Waals surface area contributed by atoms with Gasteiger partial charge in [0, 0.05) is 16.8 Å². The average Bonchev–Trinajstić information content (AvgIpc) is 3.07. The van der Waals surface area contributed by atoms with Crippen LogP contribution >= 0.6 is 0 Å². The topological polar surface area (TPSA) is 92.8 Å². The summed E-state index contributed by atoms with van der Waals surface area (Å²) in [4.78, 5) is 49.9. The number of esters is 1. The third-order valence-electron chi connectivity index (χ3n) is 4.96. The Morgan fingerprint density at radius 2 is 1.45 bits per heavy atom. The highest BCUT2D eigenvalue weighted by Crippen LogP contribution is 2.22. The van der Waals surface area contributed by atoms with E-state index in [0.717, 1.165) is 4.90 Å². The zero-order valence-electron chi connectivity index (χ0n) is 17.6. The molecule has 0 saturated heterocycles. The lowest BCUT2D eigenvalue weighted by atomic mass is 10.1. The van der Waals surface area contributed by atoms with Gasteiger partial charge in [-0.1, -0.05) is 36.1 Å². The van der Waals surface area contributed by atoms with E-state index >= 15 is 0 Å². The summed E-state index contributed by atoms with van der Waals surface area (Å²) in [5.74, 6) is 4.04. The number of fused-ring (bicyclic) bond motifs is 1. The number of amides is 3. The molecule has 1 aliphatic rings. The molecular formula is C26H18N2O5. The van der Waals surface area contributed by atoms with Gasteiger partial charge in [0.1, 0.15) is 6.54 Å². The maximum atomic E-state index is 12.5. The molecule has 0 atom stereocenters. The number of anilines is 1. The zero-order chi connectivity index (χ0) is 23.4. The second-order valence-electron chi connectivity index (χ2n) is 7.19. The number of nitrogens with one attached hydrogen (secondary N) is 1. The first-order chi connectivity index (χ1) is 16.0. The first kappa shape index (κ1) is 21.5. The summed E-state index contributed by atoms with van der Waals surface area (Å²) in [6, 6.07) is 20.1. The minimum Gasteiger partial charge on any atom is -0.465 e. The van der Waals surface area contributed by atoms with Crippen molar-refractivity contribution in [2.24, 2.45) is 0 Å². The van der Waals surface area contributed by atoms with Crippen LogP contribution in [0.15, 0.2) is 72.8 Å². The van der Waals surface area contributed by atoms with Crippen LogP contribution in [0.4, 0.5) is 5.69 Å². The fourth-order valence-corrected chi connectivity index (χ4v) is 3.39. The molecule has 0 spiro atoms. The number of benzene rings is 3. The van der Waals surface area contributed by atoms with Crippen molar-refractivity contribution < 1.29 is 23.9 Å². The lowest BCUT2D eigenvalue weighted by molar-refractivity contribution is -0.116. The third kappa shape index (κ3) is 4.65. The zero-order valence-corrected chi connectivity index (χ0v) is 17.6. The van der Waals surface area contributed by atoms with Gasteiger partial charge in [-0.3, -0.25) is 19.3 Å². The maximum absolute atomic E-state index is 12.5. The van der Waals surface area contributed by atoms with E-state index in [2.05, 4.69) is 17.2 Å². The van der Waals surface area contributed by atoms with Crippen molar-refractivity contribution in [1.29, 1.82) is 0 Å². The molecular weight excluding hydrogens is 420 g/mol. The van der Waals surface area contributed by atoms with Crippen LogP contribution in [-0.2, 0) is 9.53 Å². The Bertz CT molecular complexity index is 1310. The predicted octanol–water partition coefficient (Wildman–Crippen LogP) is 3.11. The summed E-state index contributed by atoms with van der Waals surface area (Å²) >= 11 is 0. The van der Waals surface area contributed by atoms with E-state index < -0.39 is 23.7 Å². The van der Waals surface area contributed by atoms with Crippen molar-refractivity contribution in [2.45, 2.75) is 0 Å². The minimum atomic E-state index is -0.500. The summed E-state index contributed by atoms with van der Waals surface area (Å²) in [7, 11) is 1.31. The highest BCUT2D eigenvalue weighted by molar-refractivity contribution is 6.22. The van der Waals surface area contributed by atoms with Crippen LogP contribution in [0.1, 0.15) is 42.2 Å². The Labute approximate surface area is 190 Å². The molecule has 1 aliphatic heterocycles. The normalized spacial score (nSPS) is 12.0. The van der Waals surface area contributed by atoms with Gasteiger partial charge in [-0.25, -0.2) is 4.79 Å². The first-order valence-corrected chi connectivity index (χ1v) is 10.0. The summed E-state index contributed by atoms with van der Waals surface area (Å²) < 4.78 is 4.71. The smallest absolute Gasteiger partial charge is 0.337 e. The van der Waals surface area contributed by atoms with E-state index in [4.69, 9.17) is 4.74 Å². The number of methoxy groups -OCH3 is 1. The van der Waals surface area contributed by atoms with Crippen LogP contribution in [-0.4, -0.2) is 42.2 Å². The number of carbonyl (C=O) groups is 4. The molecule has 0 saturated carbocycles. The van der Waals surface area contributed by atoms with Crippen LogP contribution in [0.5, 0.6) is 0 Å². The van der Waals surface area contributed by atoms with Gasteiger partial charge in [-0.2, -0.15) is 0 Å². The van der Waals surface area contributed by atoms with Gasteiger partial charge in [0.05, 0.1) is 23.8 Å². The fraction of sp³-hybridized carbons (Fsp3) is 0.0769. The van der Waals surface area contributed by atoms with Gasteiger partial charge in [0.15, 0.2) is 0 Å². The molecule has 3 amide bonds. The Hall–Kier alpha value is -4.70. The Kier molecular flexibility index (Phi) is 6.00. The molecule has 7 nitrogen and oxygen atoms in total. The lowest BCUT2D eigenvalue weighted by Crippen LogP contribution is -2.37. The van der Waals surface area contributed by atoms with Crippen molar-refractivity contribution in [1.82, 2.24) is 4.90 Å². The number of nitrogens with zero attached hydrogens (tertiary/aromatic N) is 1. The third-order valence-corrected chi connectivity index (χ3v) is 4.96. The van der Waals surface area contributed by atoms with Gasteiger partial charge in [0.25, 0.3) is 11.8 Å². The number of rotatable bonds is 4. The van der Waals surface area contributed by atoms with Crippen molar-refractivity contribution in [3.63, 3.8) is 0 Å². The molecule has 0 bridgehead atoms. The van der Waals surface area contributed by atoms with E-state index in [0.29, 0.717) is 33.5 Å². The van der Waals surface area contributed by atoms with E-state index in [1.54, 1.807) is 72.8 Å². The molecule has 0 radical (unpaired) electrons. The molecule has 7 heteroatoms. The number of imide groups is 1. The molecule has 3 aromatic rings. The molecule has 0 fully saturated rings. The van der Waals surface area contributed by atoms with Gasteiger partial charge in [-0.05, 0) is 48.5 Å². The fourth-order valence-electron chi connectivity index (χ4n) is 3.39. The maximum Gasteiger partial charge on any atom is 0.337 e. The van der Waals surface area contributed by atoms with Crippen molar-refractivity contribution >= 4 is 29.4 Å². The van der Waals surface area contributed by atoms with E-state index in [1.807, 2.05) is 0 Å². The molecule has 33 heavy (non-hydrogen) atoms. The largest absolute Gasteiger partial charge is 0.465 e. The van der Waals surface area contributed by atoms with Gasteiger partial charge in [-0.15, -0.1) is 0 Å². The highest BCUT2D eigenvalue weighted by atomic mass is 16.5. The van der Waals surface area contributed by atoms with E-state index in [-0.39, 0.29) is 6.54 Å². The monoisotopic (exact) mass is 438 g/mol. The van der Waals surface area contributed by atoms with Crippen molar-refractivity contribution in [2.75, 3.05) is 19.0 Å². The summed E-state index contributed by atoms with van der Waals surface area (Å²) in [5.41, 5.74) is 2.74. The summed E-state index contributed by atoms with van der Waals surface area (Å²) in [6.45, 7) is -0.386. The summed E-state index contributed by atoms with van der Waals surface area (Å²) in [5, 5.41) is 2.69. The predicted molar refractivity (Wildman–Crippen MR) is 121 cm³/mol. The summed E-state index contributed by atoms with van der Waals surface area (Å²) in [6.07, 6.45) is 0. The van der Waals surface area contributed by atoms with Crippen molar-refractivity contribution in [3.05, 3.63) is 101 Å². The Morgan fingerprint density at radius 3 is 2.09 bits per heavy atom. The Balaban J connectivity index is 1.44. The van der Waals surface area contributed by atoms with Gasteiger partial charge < -0.3 is 10.1 Å². The number of ether oxygens (including phenoxy) is 1. The number of carbonyl (C=O) groups excluding carboxylic acids is 4. The molecule has 3 aromatic carbocycles. The second kappa shape index (κ2) is 9.20. The average molecular weight is 438 g/mol. The molecule has 0 aromatic heterocycles. The molecule has 1 heterocycles. The van der Waals surface area contributed by atoms with Crippen LogP contribution in [0.2, 0.25) is 0 Å². The first-order valence-electron chi connectivity index (χ1n) is 10.0. The molecule has 162 valence electrons. The minimum absolute atomic E-state index is 0.295. The molecule has 0 aliphatic carbocycles. The quantitative estimate of drug-likeness (QED) is 0.384. The molecule has 0 unspecified atom stereocenters. The highest BCUT2D eigenvalue weighted by Gasteiger charge is 2.36. The van der Waals surface area contributed by atoms with Crippen LogP contribution in [0.3, 0.4) is 0 Å².